The number of hydrogen-bond donors (Lipinski definition) is 3. The van der Waals surface area contributed by atoms with Gasteiger partial charge in [0, 0.05) is 29.2 Å². The zero-order valence-corrected chi connectivity index (χ0v) is 37.0. The summed E-state index contributed by atoms with van der Waals surface area (Å²) in [5, 5.41) is 14.1. The van der Waals surface area contributed by atoms with Crippen molar-refractivity contribution < 1.29 is 58.0 Å². The summed E-state index contributed by atoms with van der Waals surface area (Å²) >= 11 is 11.3. The number of carbonyl (C=O) groups excluding carboxylic acids is 2. The summed E-state index contributed by atoms with van der Waals surface area (Å²) in [6.07, 6.45) is -9.19. The molecule has 3 N–H and O–H groups in total. The third-order valence-corrected chi connectivity index (χ3v) is 12.2. The molecule has 64 heavy (non-hydrogen) atoms. The van der Waals surface area contributed by atoms with Crippen LogP contribution < -0.4 is 14.9 Å². The number of hydrogen-bond acceptors (Lipinski definition) is 8. The van der Waals surface area contributed by atoms with Crippen LogP contribution in [0, 0.1) is 34.8 Å². The Labute approximate surface area is 376 Å². The van der Waals surface area contributed by atoms with Crippen LogP contribution in [0.1, 0.15) is 50.2 Å². The van der Waals surface area contributed by atoms with E-state index in [1.54, 1.807) is 20.1 Å². The van der Waals surface area contributed by atoms with Gasteiger partial charge in [-0.2, -0.15) is 35.1 Å². The molecular formula is C40H35Cl2F10N7O3S2. The summed E-state index contributed by atoms with van der Waals surface area (Å²) in [4.78, 5) is 30.9. The Kier molecular flexibility index (Phi) is 15.0. The van der Waals surface area contributed by atoms with Gasteiger partial charge in [0.25, 0.3) is 5.92 Å². The minimum atomic E-state index is -5.32. The lowest BCUT2D eigenvalue weighted by Crippen LogP contribution is -2.40. The minimum Gasteiger partial charge on any atom is -0.593 e. The Morgan fingerprint density at radius 1 is 1.09 bits per heavy atom. The quantitative estimate of drug-likeness (QED) is 0.0303. The van der Waals surface area contributed by atoms with Gasteiger partial charge in [0.2, 0.25) is 11.7 Å². The van der Waals surface area contributed by atoms with Crippen molar-refractivity contribution in [1.82, 2.24) is 25.4 Å². The number of aromatic nitrogens is 3. The highest BCUT2D eigenvalue weighted by Gasteiger charge is 2.51. The molecule has 2 aromatic heterocycles. The molecule has 0 spiro atoms. The molecule has 3 atom stereocenters. The highest BCUT2D eigenvalue weighted by molar-refractivity contribution is 8.00. The highest BCUT2D eigenvalue weighted by Crippen LogP contribution is 2.46. The topological polar surface area (TPSA) is 139 Å². The number of thioether (sulfide) groups is 1. The molecule has 0 saturated carbocycles. The Hall–Kier alpha value is -4.69. The van der Waals surface area contributed by atoms with E-state index in [0.29, 0.717) is 15.1 Å². The molecule has 0 aliphatic heterocycles. The first kappa shape index (κ1) is 50.3. The average Bonchev–Trinajstić information content (AvgIpc) is 3.62. The van der Waals surface area contributed by atoms with E-state index in [1.165, 1.54) is 36.0 Å². The van der Waals surface area contributed by atoms with Crippen LogP contribution in [-0.4, -0.2) is 78.4 Å². The molecule has 2 unspecified atom stereocenters. The summed E-state index contributed by atoms with van der Waals surface area (Å²) < 4.78 is 156. The lowest BCUT2D eigenvalue weighted by Gasteiger charge is -2.24. The van der Waals surface area contributed by atoms with Gasteiger partial charge >= 0.3 is 17.7 Å². The largest absolute Gasteiger partial charge is 0.593 e. The van der Waals surface area contributed by atoms with Gasteiger partial charge in [-0.3, -0.25) is 19.7 Å². The zero-order chi connectivity index (χ0) is 47.9. The molecule has 1 aliphatic rings. The molecule has 2 heterocycles. The number of nitrogens with one attached hydrogen (secondary N) is 3. The van der Waals surface area contributed by atoms with Crippen LogP contribution >= 0.6 is 35.0 Å². The molecule has 10 nitrogen and oxygen atoms in total. The van der Waals surface area contributed by atoms with Crippen LogP contribution in [0.5, 0.6) is 0 Å². The van der Waals surface area contributed by atoms with Gasteiger partial charge in [0.05, 0.1) is 56.0 Å². The van der Waals surface area contributed by atoms with Crippen LogP contribution in [0.25, 0.3) is 22.0 Å². The predicted octanol–water partition coefficient (Wildman–Crippen LogP) is 10.0. The van der Waals surface area contributed by atoms with Crippen LogP contribution in [0.4, 0.5) is 54.5 Å². The second-order valence-electron chi connectivity index (χ2n) is 14.9. The number of allylic oxidation sites excluding steroid dienone is 2. The first-order valence-electron chi connectivity index (χ1n) is 18.5. The number of fused-ring (bicyclic) bond motifs is 1. The molecule has 2 aromatic carbocycles. The van der Waals surface area contributed by atoms with Crippen LogP contribution in [0.2, 0.25) is 5.02 Å². The molecule has 0 radical (unpaired) electrons. The van der Waals surface area contributed by atoms with Gasteiger partial charge < -0.3 is 15.2 Å². The Bertz CT molecular complexity index is 2570. The smallest absolute Gasteiger partial charge is 0.433 e. The van der Waals surface area contributed by atoms with Crippen LogP contribution in [-0.2, 0) is 29.1 Å². The van der Waals surface area contributed by atoms with E-state index in [-0.39, 0.29) is 38.5 Å². The third-order valence-electron chi connectivity index (χ3n) is 9.68. The van der Waals surface area contributed by atoms with E-state index in [9.17, 15) is 49.3 Å². The maximum absolute atomic E-state index is 15.2. The normalized spacial score (nSPS) is 16.3. The fraction of sp³-hybridized carbons (Fsp3) is 0.375. The number of carbonyl (C=O) groups is 2. The average molecular weight is 987 g/mol. The fourth-order valence-electron chi connectivity index (χ4n) is 6.89. The van der Waals surface area contributed by atoms with Gasteiger partial charge in [-0.1, -0.05) is 34.8 Å². The molecule has 344 valence electrons. The predicted molar refractivity (Wildman–Crippen MR) is 225 cm³/mol. The van der Waals surface area contributed by atoms with Gasteiger partial charge in [-0.05, 0) is 85.9 Å². The Morgan fingerprint density at radius 2 is 1.72 bits per heavy atom. The van der Waals surface area contributed by atoms with Crippen molar-refractivity contribution >= 4 is 80.0 Å². The van der Waals surface area contributed by atoms with Crippen LogP contribution in [0.15, 0.2) is 53.7 Å². The monoisotopic (exact) mass is 985 g/mol. The van der Waals surface area contributed by atoms with Gasteiger partial charge in [0.15, 0.2) is 0 Å². The molecule has 2 amide bonds. The summed E-state index contributed by atoms with van der Waals surface area (Å²) in [5.41, 5.74) is -5.51. The second-order valence-corrected chi connectivity index (χ2v) is 18.3. The van der Waals surface area contributed by atoms with E-state index < -0.39 is 123 Å². The molecule has 24 heteroatoms. The van der Waals surface area contributed by atoms with Crippen molar-refractivity contribution in [2.24, 2.45) is 5.92 Å². The molecule has 0 bridgehead atoms. The standard InChI is InChI=1S/C40H35Cl2F10N7O3S2/c1-19-16-38(45,46)34(29(19)33(53)40(50,51)52)54-17-28(60)56-27(14-20-12-21(43)15-22(44)13-20)31-24(7-6-23(55-31)10-11-37(2,3)63-4)25-8-9-26(41)30-32(25)58(18-39(47,48)49)57-35(30)59(36(42)61)64(5)62/h6-9,12-13,15,19,27,53-54H,14,16-18H2,1-5H3,(H,56,60)/t19-,27?,64?/m0/s1. The molecule has 0 saturated heterocycles. The number of nitrogens with zero attached hydrogens (tertiary/aromatic N) is 4. The SMILES string of the molecule is CSC(C)(C)C#Cc1ccc(-c2ccc(Cl)c3c(N(C(=O)Cl)[S+](C)[O-])nn(CC(F)(F)F)c23)c(C(Cc2cc(F)cc(F)c2)NC(=O)CNC2=C(C(=N)C(F)(F)F)[C@@H](C)CC2(F)F)n1. The lowest BCUT2D eigenvalue weighted by molar-refractivity contribution is -0.141. The van der Waals surface area contributed by atoms with Crippen LogP contribution in [0.3, 0.4) is 0 Å². The summed E-state index contributed by atoms with van der Waals surface area (Å²) in [5.74, 6) is -3.47. The molecule has 5 rings (SSSR count). The number of halogens is 12. The number of anilines is 1. The van der Waals surface area contributed by atoms with Crippen molar-refractivity contribution in [3.8, 4) is 23.0 Å². The number of amides is 2. The van der Waals surface area contributed by atoms with Crippen molar-refractivity contribution in [3.63, 3.8) is 0 Å². The van der Waals surface area contributed by atoms with Gasteiger partial charge in [-0.15, -0.1) is 16.9 Å². The Morgan fingerprint density at radius 3 is 2.28 bits per heavy atom. The number of benzene rings is 2. The van der Waals surface area contributed by atoms with Crippen molar-refractivity contribution in [2.45, 2.75) is 69.2 Å². The maximum Gasteiger partial charge on any atom is 0.433 e. The van der Waals surface area contributed by atoms with E-state index >= 15 is 8.78 Å². The fourth-order valence-corrected chi connectivity index (χ4v) is 8.23. The summed E-state index contributed by atoms with van der Waals surface area (Å²) in [6, 6.07) is 5.86. The molecule has 4 aromatic rings. The number of alkyl halides is 8. The van der Waals surface area contributed by atoms with E-state index in [2.05, 4.69) is 27.2 Å². The summed E-state index contributed by atoms with van der Waals surface area (Å²) in [7, 11) is 0. The number of pyridine rings is 1. The van der Waals surface area contributed by atoms with Crippen molar-refractivity contribution in [3.05, 3.63) is 87.3 Å². The summed E-state index contributed by atoms with van der Waals surface area (Å²) in [6.45, 7) is 1.67. The van der Waals surface area contributed by atoms with E-state index in [0.717, 1.165) is 25.3 Å². The molecule has 1 aliphatic carbocycles. The van der Waals surface area contributed by atoms with E-state index in [4.69, 9.17) is 28.6 Å². The number of rotatable bonds is 13. The van der Waals surface area contributed by atoms with Gasteiger partial charge in [-0.25, -0.2) is 13.8 Å². The minimum absolute atomic E-state index is 0.00120. The third kappa shape index (κ3) is 11.6. The highest BCUT2D eigenvalue weighted by atomic mass is 35.5. The first-order chi connectivity index (χ1) is 29.5. The van der Waals surface area contributed by atoms with Gasteiger partial charge in [0.1, 0.15) is 35.8 Å². The van der Waals surface area contributed by atoms with Crippen molar-refractivity contribution in [1.29, 1.82) is 5.41 Å². The maximum atomic E-state index is 15.2. The lowest BCUT2D eigenvalue weighted by atomic mass is 9.93. The molecule has 0 fully saturated rings. The first-order valence-corrected chi connectivity index (χ1v) is 22.0. The van der Waals surface area contributed by atoms with Crippen molar-refractivity contribution in [2.75, 3.05) is 23.4 Å². The molecular weight excluding hydrogens is 952 g/mol. The zero-order valence-electron chi connectivity index (χ0n) is 33.9. The van der Waals surface area contributed by atoms with E-state index in [1.807, 2.05) is 5.32 Å². The Balaban J connectivity index is 1.78. The second kappa shape index (κ2) is 19.0.